The minimum atomic E-state index is -0.885. The first-order chi connectivity index (χ1) is 12.0. The number of hydrogen-bond acceptors (Lipinski definition) is 3. The molecule has 1 heterocycles. The topological polar surface area (TPSA) is 88.3 Å². The van der Waals surface area contributed by atoms with E-state index in [1.807, 2.05) is 26.0 Å². The zero-order valence-corrected chi connectivity index (χ0v) is 14.2. The van der Waals surface area contributed by atoms with Gasteiger partial charge >= 0.3 is 6.03 Å². The zero-order chi connectivity index (χ0) is 18.4. The van der Waals surface area contributed by atoms with Crippen LogP contribution in [0.25, 0.3) is 0 Å². The molecule has 0 saturated carbocycles. The summed E-state index contributed by atoms with van der Waals surface area (Å²) in [6.45, 7) is 4.35. The Morgan fingerprint density at radius 1 is 1.24 bits per heavy atom. The Labute approximate surface area is 145 Å². The van der Waals surface area contributed by atoms with Crippen molar-refractivity contribution in [2.75, 3.05) is 11.9 Å². The van der Waals surface area contributed by atoms with Crippen LogP contribution in [0.2, 0.25) is 0 Å². The number of urea groups is 1. The van der Waals surface area contributed by atoms with Gasteiger partial charge < -0.3 is 16.0 Å². The highest BCUT2D eigenvalue weighted by atomic mass is 19.1. The van der Waals surface area contributed by atoms with Gasteiger partial charge in [-0.15, -0.1) is 0 Å². The third kappa shape index (κ3) is 4.32. The van der Waals surface area contributed by atoms with Crippen molar-refractivity contribution in [2.24, 2.45) is 5.73 Å². The van der Waals surface area contributed by atoms with E-state index in [1.54, 1.807) is 17.3 Å². The van der Waals surface area contributed by atoms with Crippen LogP contribution in [0.15, 0.2) is 42.7 Å². The molecule has 0 saturated heterocycles. The van der Waals surface area contributed by atoms with E-state index in [4.69, 9.17) is 5.73 Å². The van der Waals surface area contributed by atoms with Crippen LogP contribution in [0.5, 0.6) is 0 Å². The van der Waals surface area contributed by atoms with Gasteiger partial charge in [-0.3, -0.25) is 9.78 Å². The van der Waals surface area contributed by atoms with Gasteiger partial charge in [0, 0.05) is 24.6 Å². The lowest BCUT2D eigenvalue weighted by Crippen LogP contribution is -2.38. The number of rotatable bonds is 6. The number of hydrogen-bond donors (Lipinski definition) is 2. The number of nitrogens with one attached hydrogen (secondary N) is 1. The first kappa shape index (κ1) is 18.4. The monoisotopic (exact) mass is 344 g/mol. The van der Waals surface area contributed by atoms with Crippen molar-refractivity contribution < 1.29 is 14.0 Å². The van der Waals surface area contributed by atoms with E-state index in [0.29, 0.717) is 12.2 Å². The Morgan fingerprint density at radius 3 is 2.48 bits per heavy atom. The Bertz CT molecular complexity index is 752. The van der Waals surface area contributed by atoms with Gasteiger partial charge in [0.25, 0.3) is 5.91 Å². The fourth-order valence-electron chi connectivity index (χ4n) is 2.71. The second-order valence-electron chi connectivity index (χ2n) is 5.48. The molecule has 6 nitrogen and oxygen atoms in total. The van der Waals surface area contributed by atoms with E-state index in [-0.39, 0.29) is 17.6 Å². The SMILES string of the molecule is CC[C@@H](c1ccncc1)N(CC)C(=O)Nc1ccc(F)c(C(N)=O)c1. The number of carbonyl (C=O) groups is 2. The zero-order valence-electron chi connectivity index (χ0n) is 14.2. The van der Waals surface area contributed by atoms with Crippen LogP contribution in [-0.4, -0.2) is 28.4 Å². The maximum absolute atomic E-state index is 13.6. The van der Waals surface area contributed by atoms with E-state index in [2.05, 4.69) is 10.3 Å². The van der Waals surface area contributed by atoms with Crippen molar-refractivity contribution in [3.8, 4) is 0 Å². The molecule has 3 amide bonds. The van der Waals surface area contributed by atoms with Crippen LogP contribution in [0.4, 0.5) is 14.9 Å². The van der Waals surface area contributed by atoms with E-state index >= 15 is 0 Å². The van der Waals surface area contributed by atoms with E-state index in [9.17, 15) is 14.0 Å². The molecule has 1 aromatic heterocycles. The molecule has 0 fully saturated rings. The van der Waals surface area contributed by atoms with Crippen molar-refractivity contribution in [1.82, 2.24) is 9.88 Å². The van der Waals surface area contributed by atoms with Gasteiger partial charge in [0.2, 0.25) is 0 Å². The molecule has 0 bridgehead atoms. The van der Waals surface area contributed by atoms with E-state index in [0.717, 1.165) is 18.1 Å². The summed E-state index contributed by atoms with van der Waals surface area (Å²) < 4.78 is 13.6. The number of primary amides is 1. The van der Waals surface area contributed by atoms with Gasteiger partial charge in [0.15, 0.2) is 0 Å². The highest BCUT2D eigenvalue weighted by Crippen LogP contribution is 2.24. The van der Waals surface area contributed by atoms with Gasteiger partial charge in [-0.25, -0.2) is 9.18 Å². The summed E-state index contributed by atoms with van der Waals surface area (Å²) in [5.41, 5.74) is 6.16. The Hall–Kier alpha value is -2.96. The van der Waals surface area contributed by atoms with Gasteiger partial charge in [-0.2, -0.15) is 0 Å². The fourth-order valence-corrected chi connectivity index (χ4v) is 2.71. The Kier molecular flexibility index (Phi) is 6.05. The van der Waals surface area contributed by atoms with Crippen LogP contribution >= 0.6 is 0 Å². The second kappa shape index (κ2) is 8.23. The summed E-state index contributed by atoms with van der Waals surface area (Å²) in [7, 11) is 0. The number of benzene rings is 1. The standard InChI is InChI=1S/C18H21FN4O2/c1-3-16(12-7-9-21-10-8-12)23(4-2)18(25)22-13-5-6-15(19)14(11-13)17(20)24/h5-11,16H,3-4H2,1-2H3,(H2,20,24)(H,22,25)/t16-/m0/s1. The number of amides is 3. The summed E-state index contributed by atoms with van der Waals surface area (Å²) in [6.07, 6.45) is 4.09. The molecule has 7 heteroatoms. The highest BCUT2D eigenvalue weighted by molar-refractivity contribution is 5.96. The van der Waals surface area contributed by atoms with Gasteiger partial charge in [0.1, 0.15) is 5.82 Å². The van der Waals surface area contributed by atoms with Gasteiger partial charge in [-0.05, 0) is 49.2 Å². The number of nitrogens with two attached hydrogens (primary N) is 1. The smallest absolute Gasteiger partial charge is 0.322 e. The predicted molar refractivity (Wildman–Crippen MR) is 93.6 cm³/mol. The molecule has 0 unspecified atom stereocenters. The Morgan fingerprint density at radius 2 is 1.92 bits per heavy atom. The number of aromatic nitrogens is 1. The van der Waals surface area contributed by atoms with Crippen LogP contribution in [-0.2, 0) is 0 Å². The third-order valence-corrected chi connectivity index (χ3v) is 3.94. The summed E-state index contributed by atoms with van der Waals surface area (Å²) >= 11 is 0. The molecule has 0 aliphatic heterocycles. The van der Waals surface area contributed by atoms with Crippen molar-refractivity contribution in [1.29, 1.82) is 0 Å². The molecule has 3 N–H and O–H groups in total. The Balaban J connectivity index is 2.22. The van der Waals surface area contributed by atoms with Crippen molar-refractivity contribution in [2.45, 2.75) is 26.3 Å². The average molecular weight is 344 g/mol. The highest BCUT2D eigenvalue weighted by Gasteiger charge is 2.23. The third-order valence-electron chi connectivity index (χ3n) is 3.94. The van der Waals surface area contributed by atoms with Crippen LogP contribution in [0.3, 0.4) is 0 Å². The van der Waals surface area contributed by atoms with Gasteiger partial charge in [-0.1, -0.05) is 6.92 Å². The summed E-state index contributed by atoms with van der Waals surface area (Å²) in [6, 6.07) is 7.00. The number of carbonyl (C=O) groups excluding carboxylic acids is 2. The van der Waals surface area contributed by atoms with Crippen molar-refractivity contribution in [3.05, 3.63) is 59.7 Å². The molecule has 0 radical (unpaired) electrons. The largest absolute Gasteiger partial charge is 0.366 e. The maximum atomic E-state index is 13.6. The minimum Gasteiger partial charge on any atom is -0.366 e. The minimum absolute atomic E-state index is 0.121. The van der Waals surface area contributed by atoms with Crippen LogP contribution in [0.1, 0.15) is 42.2 Å². The summed E-state index contributed by atoms with van der Waals surface area (Å²) in [5.74, 6) is -1.61. The lowest BCUT2D eigenvalue weighted by molar-refractivity contribution is 0.0996. The fraction of sp³-hybridized carbons (Fsp3) is 0.278. The lowest BCUT2D eigenvalue weighted by atomic mass is 10.0. The summed E-state index contributed by atoms with van der Waals surface area (Å²) in [4.78, 5) is 29.6. The van der Waals surface area contributed by atoms with Crippen molar-refractivity contribution in [3.63, 3.8) is 0 Å². The second-order valence-corrected chi connectivity index (χ2v) is 5.48. The molecule has 0 spiro atoms. The quantitative estimate of drug-likeness (QED) is 0.842. The normalized spacial score (nSPS) is 11.6. The molecule has 132 valence electrons. The molecule has 0 aliphatic carbocycles. The maximum Gasteiger partial charge on any atom is 0.322 e. The van der Waals surface area contributed by atoms with Crippen molar-refractivity contribution >= 4 is 17.6 Å². The molecule has 1 aromatic carbocycles. The number of pyridine rings is 1. The summed E-state index contributed by atoms with van der Waals surface area (Å²) in [5, 5.41) is 2.70. The van der Waals surface area contributed by atoms with E-state index < -0.39 is 11.7 Å². The average Bonchev–Trinajstić information content (AvgIpc) is 2.61. The number of nitrogens with zero attached hydrogens (tertiary/aromatic N) is 2. The van der Waals surface area contributed by atoms with Gasteiger partial charge in [0.05, 0.1) is 11.6 Å². The first-order valence-electron chi connectivity index (χ1n) is 8.04. The first-order valence-corrected chi connectivity index (χ1v) is 8.04. The lowest BCUT2D eigenvalue weighted by Gasteiger charge is -2.30. The molecular formula is C18H21FN4O2. The van der Waals surface area contributed by atoms with Crippen LogP contribution < -0.4 is 11.1 Å². The number of halogens is 1. The molecule has 0 aliphatic rings. The number of anilines is 1. The molecule has 25 heavy (non-hydrogen) atoms. The molecule has 2 rings (SSSR count). The predicted octanol–water partition coefficient (Wildman–Crippen LogP) is 3.32. The van der Waals surface area contributed by atoms with E-state index in [1.165, 1.54) is 12.1 Å². The molecular weight excluding hydrogens is 323 g/mol. The molecule has 1 atom stereocenters. The molecule has 2 aromatic rings. The van der Waals surface area contributed by atoms with Crippen LogP contribution in [0, 0.1) is 5.82 Å².